The maximum atomic E-state index is 12.1. The molecule has 1 heterocycles. The van der Waals surface area contributed by atoms with Gasteiger partial charge in [-0.25, -0.2) is 0 Å². The average Bonchev–Trinajstić information content (AvgIpc) is 3.13. The standard InChI is InChI=1S/C20H26N2O3S/c1-14(2)25-18-8-6-16(7-9-18)15(3)22-19(23)5-4-11-21-20(24)17-10-12-26-13-17/h6-10,12-15H,4-5,11H2,1-3H3,(H,21,24)(H,22,23). The van der Waals surface area contributed by atoms with E-state index in [0.29, 0.717) is 24.9 Å². The molecule has 0 fully saturated rings. The molecule has 0 spiro atoms. The Morgan fingerprint density at radius 3 is 2.46 bits per heavy atom. The molecule has 26 heavy (non-hydrogen) atoms. The molecule has 1 atom stereocenters. The summed E-state index contributed by atoms with van der Waals surface area (Å²) in [4.78, 5) is 23.9. The zero-order valence-corrected chi connectivity index (χ0v) is 16.3. The van der Waals surface area contributed by atoms with E-state index in [-0.39, 0.29) is 24.0 Å². The molecular formula is C20H26N2O3S. The second-order valence-electron chi connectivity index (χ2n) is 6.40. The van der Waals surface area contributed by atoms with Gasteiger partial charge in [-0.2, -0.15) is 11.3 Å². The van der Waals surface area contributed by atoms with Crippen LogP contribution in [0, 0.1) is 0 Å². The molecule has 0 saturated heterocycles. The lowest BCUT2D eigenvalue weighted by atomic mass is 10.1. The Kier molecular flexibility index (Phi) is 7.66. The first-order chi connectivity index (χ1) is 12.5. The van der Waals surface area contributed by atoms with E-state index in [2.05, 4.69) is 10.6 Å². The van der Waals surface area contributed by atoms with Crippen molar-refractivity contribution < 1.29 is 14.3 Å². The number of hydrogen-bond acceptors (Lipinski definition) is 4. The molecule has 1 unspecified atom stereocenters. The van der Waals surface area contributed by atoms with Crippen molar-refractivity contribution in [3.63, 3.8) is 0 Å². The van der Waals surface area contributed by atoms with Gasteiger partial charge in [0.15, 0.2) is 0 Å². The normalized spacial score (nSPS) is 11.8. The van der Waals surface area contributed by atoms with Crippen LogP contribution in [0.25, 0.3) is 0 Å². The molecule has 0 bridgehead atoms. The summed E-state index contributed by atoms with van der Waals surface area (Å²) < 4.78 is 5.62. The first kappa shape index (κ1) is 20.0. The minimum absolute atomic E-state index is 0.0233. The van der Waals surface area contributed by atoms with Crippen LogP contribution in [0.5, 0.6) is 5.75 Å². The van der Waals surface area contributed by atoms with Crippen molar-refractivity contribution in [3.8, 4) is 5.75 Å². The highest BCUT2D eigenvalue weighted by Crippen LogP contribution is 2.18. The molecule has 1 aromatic heterocycles. The maximum absolute atomic E-state index is 12.1. The van der Waals surface area contributed by atoms with E-state index >= 15 is 0 Å². The lowest BCUT2D eigenvalue weighted by molar-refractivity contribution is -0.121. The highest BCUT2D eigenvalue weighted by atomic mass is 32.1. The third-order valence-electron chi connectivity index (χ3n) is 3.78. The van der Waals surface area contributed by atoms with Crippen molar-refractivity contribution in [2.75, 3.05) is 6.54 Å². The Balaban J connectivity index is 1.69. The number of rotatable bonds is 9. The van der Waals surface area contributed by atoms with Crippen molar-refractivity contribution in [1.82, 2.24) is 10.6 Å². The number of carbonyl (C=O) groups is 2. The van der Waals surface area contributed by atoms with Gasteiger partial charge in [0.05, 0.1) is 12.1 Å². The van der Waals surface area contributed by atoms with E-state index in [0.717, 1.165) is 11.3 Å². The van der Waals surface area contributed by atoms with Crippen LogP contribution in [0.15, 0.2) is 41.1 Å². The smallest absolute Gasteiger partial charge is 0.252 e. The van der Waals surface area contributed by atoms with Gasteiger partial charge >= 0.3 is 0 Å². The molecule has 140 valence electrons. The predicted molar refractivity (Wildman–Crippen MR) is 105 cm³/mol. The number of benzene rings is 1. The minimum atomic E-state index is -0.0938. The molecule has 6 heteroatoms. The summed E-state index contributed by atoms with van der Waals surface area (Å²) in [5.74, 6) is 0.706. The summed E-state index contributed by atoms with van der Waals surface area (Å²) in [7, 11) is 0. The van der Waals surface area contributed by atoms with Crippen LogP contribution >= 0.6 is 11.3 Å². The number of carbonyl (C=O) groups excluding carboxylic acids is 2. The molecule has 0 saturated carbocycles. The number of thiophene rings is 1. The number of nitrogens with one attached hydrogen (secondary N) is 2. The summed E-state index contributed by atoms with van der Waals surface area (Å²) in [6.07, 6.45) is 1.12. The lowest BCUT2D eigenvalue weighted by Gasteiger charge is -2.16. The summed E-state index contributed by atoms with van der Waals surface area (Å²) >= 11 is 1.49. The molecule has 0 aliphatic carbocycles. The average molecular weight is 375 g/mol. The van der Waals surface area contributed by atoms with Crippen LogP contribution in [0.1, 0.15) is 55.6 Å². The Hall–Kier alpha value is -2.34. The molecule has 0 aliphatic rings. The highest BCUT2D eigenvalue weighted by Gasteiger charge is 2.10. The number of amides is 2. The second-order valence-corrected chi connectivity index (χ2v) is 7.18. The van der Waals surface area contributed by atoms with Crippen molar-refractivity contribution in [2.24, 2.45) is 0 Å². The predicted octanol–water partition coefficient (Wildman–Crippen LogP) is 3.92. The summed E-state index contributed by atoms with van der Waals surface area (Å²) in [6, 6.07) is 9.46. The van der Waals surface area contributed by atoms with Crippen molar-refractivity contribution in [3.05, 3.63) is 52.2 Å². The van der Waals surface area contributed by atoms with Crippen LogP contribution in [-0.4, -0.2) is 24.5 Å². The van der Waals surface area contributed by atoms with Gasteiger partial charge in [-0.15, -0.1) is 0 Å². The molecule has 5 nitrogen and oxygen atoms in total. The largest absolute Gasteiger partial charge is 0.491 e. The van der Waals surface area contributed by atoms with Crippen molar-refractivity contribution in [1.29, 1.82) is 0 Å². The topological polar surface area (TPSA) is 67.4 Å². The maximum Gasteiger partial charge on any atom is 0.252 e. The number of ether oxygens (including phenoxy) is 1. The third-order valence-corrected chi connectivity index (χ3v) is 4.46. The Labute approximate surface area is 158 Å². The van der Waals surface area contributed by atoms with E-state index in [1.54, 1.807) is 11.4 Å². The SMILES string of the molecule is CC(C)Oc1ccc(C(C)NC(=O)CCCNC(=O)c2ccsc2)cc1. The zero-order valence-electron chi connectivity index (χ0n) is 15.5. The van der Waals surface area contributed by atoms with Crippen molar-refractivity contribution >= 4 is 23.2 Å². The van der Waals surface area contributed by atoms with Gasteiger partial charge in [0.2, 0.25) is 5.91 Å². The molecule has 2 aromatic rings. The number of hydrogen-bond donors (Lipinski definition) is 2. The van der Waals surface area contributed by atoms with Gasteiger partial charge in [0, 0.05) is 23.9 Å². The summed E-state index contributed by atoms with van der Waals surface area (Å²) in [5, 5.41) is 9.48. The molecular weight excluding hydrogens is 348 g/mol. The second kappa shape index (κ2) is 9.97. The van der Waals surface area contributed by atoms with E-state index in [4.69, 9.17) is 4.74 Å². The monoisotopic (exact) mass is 374 g/mol. The van der Waals surface area contributed by atoms with Crippen molar-refractivity contribution in [2.45, 2.75) is 45.8 Å². The summed E-state index contributed by atoms with van der Waals surface area (Å²) in [6.45, 7) is 6.41. The molecule has 1 aromatic carbocycles. The van der Waals surface area contributed by atoms with E-state index in [1.165, 1.54) is 11.3 Å². The fourth-order valence-corrected chi connectivity index (χ4v) is 3.09. The Bertz CT molecular complexity index is 696. The Morgan fingerprint density at radius 2 is 1.85 bits per heavy atom. The molecule has 2 amide bonds. The van der Waals surface area contributed by atoms with Crippen LogP contribution in [-0.2, 0) is 4.79 Å². The van der Waals surface area contributed by atoms with Gasteiger partial charge in [-0.05, 0) is 56.3 Å². The van der Waals surface area contributed by atoms with Gasteiger partial charge in [0.1, 0.15) is 5.75 Å². The van der Waals surface area contributed by atoms with Crippen LogP contribution in [0.2, 0.25) is 0 Å². The fraction of sp³-hybridized carbons (Fsp3) is 0.400. The molecule has 0 radical (unpaired) electrons. The summed E-state index contributed by atoms with van der Waals surface area (Å²) in [5.41, 5.74) is 1.69. The quantitative estimate of drug-likeness (QED) is 0.654. The highest BCUT2D eigenvalue weighted by molar-refractivity contribution is 7.08. The minimum Gasteiger partial charge on any atom is -0.491 e. The lowest BCUT2D eigenvalue weighted by Crippen LogP contribution is -2.28. The third kappa shape index (κ3) is 6.52. The van der Waals surface area contributed by atoms with Gasteiger partial charge < -0.3 is 15.4 Å². The molecule has 2 N–H and O–H groups in total. The molecule has 0 aliphatic heterocycles. The fourth-order valence-electron chi connectivity index (χ4n) is 2.45. The van der Waals surface area contributed by atoms with E-state index < -0.39 is 0 Å². The van der Waals surface area contributed by atoms with Crippen LogP contribution in [0.4, 0.5) is 0 Å². The van der Waals surface area contributed by atoms with E-state index in [9.17, 15) is 9.59 Å². The van der Waals surface area contributed by atoms with Gasteiger partial charge in [0.25, 0.3) is 5.91 Å². The van der Waals surface area contributed by atoms with Crippen LogP contribution < -0.4 is 15.4 Å². The first-order valence-corrected chi connectivity index (χ1v) is 9.76. The zero-order chi connectivity index (χ0) is 18.9. The Morgan fingerprint density at radius 1 is 1.12 bits per heavy atom. The van der Waals surface area contributed by atoms with Gasteiger partial charge in [-0.3, -0.25) is 9.59 Å². The first-order valence-electron chi connectivity index (χ1n) is 8.82. The van der Waals surface area contributed by atoms with Gasteiger partial charge in [-0.1, -0.05) is 12.1 Å². The van der Waals surface area contributed by atoms with Crippen LogP contribution in [0.3, 0.4) is 0 Å². The molecule has 2 rings (SSSR count). The van der Waals surface area contributed by atoms with E-state index in [1.807, 2.05) is 50.4 Å².